The molecule has 5 nitrogen and oxygen atoms in total. The van der Waals surface area contributed by atoms with Gasteiger partial charge in [0.1, 0.15) is 11.1 Å². The van der Waals surface area contributed by atoms with E-state index < -0.39 is 5.95 Å². The van der Waals surface area contributed by atoms with Gasteiger partial charge >= 0.3 is 0 Å². The summed E-state index contributed by atoms with van der Waals surface area (Å²) in [6, 6.07) is 5.28. The summed E-state index contributed by atoms with van der Waals surface area (Å²) >= 11 is 4.78. The Bertz CT molecular complexity index is 1030. The molecule has 0 bridgehead atoms. The van der Waals surface area contributed by atoms with Crippen LogP contribution in [0.15, 0.2) is 29.0 Å². The van der Waals surface area contributed by atoms with E-state index in [2.05, 4.69) is 39.0 Å². The Hall–Kier alpha value is -2.24. The predicted octanol–water partition coefficient (Wildman–Crippen LogP) is 4.33. The van der Waals surface area contributed by atoms with Crippen molar-refractivity contribution in [2.24, 2.45) is 0 Å². The van der Waals surface area contributed by atoms with E-state index in [-0.39, 0.29) is 5.41 Å². The number of aryl methyl sites for hydroxylation is 1. The standard InChI is InChI=1S/C18H15BrFN5S/c1-18(4-2-3-13-16(18)12(7-21)17(22)26-13)10-8-23-25(9-10)15-6-11(19)5-14(20)24-15/h5-6,8-9H,2-4,22H2,1H3. The van der Waals surface area contributed by atoms with Crippen LogP contribution in [-0.4, -0.2) is 14.8 Å². The number of hydrogen-bond acceptors (Lipinski definition) is 5. The molecule has 0 saturated carbocycles. The van der Waals surface area contributed by atoms with Crippen LogP contribution in [-0.2, 0) is 11.8 Å². The Labute approximate surface area is 162 Å². The topological polar surface area (TPSA) is 80.5 Å². The number of nitriles is 1. The molecule has 3 aromatic heterocycles. The van der Waals surface area contributed by atoms with Gasteiger partial charge in [0.15, 0.2) is 5.82 Å². The molecule has 8 heteroatoms. The van der Waals surface area contributed by atoms with Crippen LogP contribution in [0.4, 0.5) is 9.39 Å². The van der Waals surface area contributed by atoms with Crippen LogP contribution in [0.25, 0.3) is 5.82 Å². The molecule has 0 aliphatic heterocycles. The van der Waals surface area contributed by atoms with Gasteiger partial charge in [-0.15, -0.1) is 11.3 Å². The van der Waals surface area contributed by atoms with Crippen molar-refractivity contribution >= 4 is 32.3 Å². The smallest absolute Gasteiger partial charge is 0.215 e. The molecule has 0 saturated heterocycles. The third-order valence-corrected chi connectivity index (χ3v) is 6.49. The maximum Gasteiger partial charge on any atom is 0.215 e. The van der Waals surface area contributed by atoms with Crippen LogP contribution >= 0.6 is 27.3 Å². The van der Waals surface area contributed by atoms with Crippen LogP contribution in [0.2, 0.25) is 0 Å². The zero-order valence-corrected chi connectivity index (χ0v) is 16.4. The summed E-state index contributed by atoms with van der Waals surface area (Å²) in [5.74, 6) is -0.178. The minimum Gasteiger partial charge on any atom is -0.389 e. The van der Waals surface area contributed by atoms with E-state index in [1.807, 2.05) is 6.20 Å². The molecule has 0 aromatic carbocycles. The molecule has 0 spiro atoms. The predicted molar refractivity (Wildman–Crippen MR) is 102 cm³/mol. The van der Waals surface area contributed by atoms with Gasteiger partial charge in [-0.2, -0.15) is 14.8 Å². The fourth-order valence-corrected chi connectivity index (χ4v) is 5.27. The first kappa shape index (κ1) is 17.2. The van der Waals surface area contributed by atoms with Crippen molar-refractivity contribution in [3.05, 3.63) is 56.5 Å². The summed E-state index contributed by atoms with van der Waals surface area (Å²) in [6.45, 7) is 2.12. The van der Waals surface area contributed by atoms with E-state index in [4.69, 9.17) is 5.73 Å². The highest BCUT2D eigenvalue weighted by atomic mass is 79.9. The normalized spacial score (nSPS) is 19.2. The largest absolute Gasteiger partial charge is 0.389 e. The Morgan fingerprint density at radius 1 is 1.46 bits per heavy atom. The van der Waals surface area contributed by atoms with E-state index in [0.717, 1.165) is 30.4 Å². The molecule has 0 radical (unpaired) electrons. The number of anilines is 1. The summed E-state index contributed by atoms with van der Waals surface area (Å²) in [5.41, 5.74) is 8.29. The summed E-state index contributed by atoms with van der Waals surface area (Å²) in [6.07, 6.45) is 6.48. The minimum absolute atomic E-state index is 0.352. The maximum atomic E-state index is 13.6. The van der Waals surface area contributed by atoms with E-state index in [0.29, 0.717) is 20.9 Å². The zero-order valence-electron chi connectivity index (χ0n) is 14.0. The number of rotatable bonds is 2. The molecule has 132 valence electrons. The fourth-order valence-electron chi connectivity index (χ4n) is 3.69. The molecule has 1 aliphatic rings. The highest BCUT2D eigenvalue weighted by molar-refractivity contribution is 9.10. The lowest BCUT2D eigenvalue weighted by atomic mass is 9.69. The number of nitrogen functional groups attached to an aromatic ring is 1. The average Bonchev–Trinajstić information content (AvgIpc) is 3.19. The highest BCUT2D eigenvalue weighted by Gasteiger charge is 2.39. The van der Waals surface area contributed by atoms with Gasteiger partial charge in [-0.05, 0) is 30.9 Å². The van der Waals surface area contributed by atoms with Gasteiger partial charge in [0.25, 0.3) is 0 Å². The number of fused-ring (bicyclic) bond motifs is 1. The van der Waals surface area contributed by atoms with Gasteiger partial charge in [-0.25, -0.2) is 9.67 Å². The minimum atomic E-state index is -0.574. The molecular weight excluding hydrogens is 417 g/mol. The number of thiophene rings is 1. The van der Waals surface area contributed by atoms with Gasteiger partial charge in [0.2, 0.25) is 5.95 Å². The lowest BCUT2D eigenvalue weighted by Gasteiger charge is -2.33. The highest BCUT2D eigenvalue weighted by Crippen LogP contribution is 2.48. The van der Waals surface area contributed by atoms with E-state index in [1.165, 1.54) is 22.3 Å². The summed E-state index contributed by atoms with van der Waals surface area (Å²) in [4.78, 5) is 5.07. The van der Waals surface area contributed by atoms with Gasteiger partial charge in [-0.1, -0.05) is 22.9 Å². The quantitative estimate of drug-likeness (QED) is 0.612. The maximum absolute atomic E-state index is 13.6. The fraction of sp³-hybridized carbons (Fsp3) is 0.278. The number of aromatic nitrogens is 3. The summed E-state index contributed by atoms with van der Waals surface area (Å²) in [5, 5.41) is 14.5. The van der Waals surface area contributed by atoms with E-state index in [9.17, 15) is 9.65 Å². The molecule has 2 N–H and O–H groups in total. The zero-order chi connectivity index (χ0) is 18.5. The average molecular weight is 432 g/mol. The molecule has 0 amide bonds. The van der Waals surface area contributed by atoms with Crippen LogP contribution in [0.3, 0.4) is 0 Å². The van der Waals surface area contributed by atoms with Crippen LogP contribution in [0.1, 0.15) is 41.3 Å². The molecule has 1 aliphatic carbocycles. The molecule has 0 fully saturated rings. The van der Waals surface area contributed by atoms with Crippen molar-refractivity contribution in [2.75, 3.05) is 5.73 Å². The number of nitrogens with two attached hydrogens (primary N) is 1. The van der Waals surface area contributed by atoms with Crippen molar-refractivity contribution in [1.82, 2.24) is 14.8 Å². The number of hydrogen-bond donors (Lipinski definition) is 1. The third-order valence-electron chi connectivity index (χ3n) is 4.95. The van der Waals surface area contributed by atoms with E-state index >= 15 is 0 Å². The second-order valence-electron chi connectivity index (χ2n) is 6.58. The van der Waals surface area contributed by atoms with Gasteiger partial charge in [-0.3, -0.25) is 0 Å². The Morgan fingerprint density at radius 3 is 3.00 bits per heavy atom. The first-order valence-electron chi connectivity index (χ1n) is 8.12. The molecule has 1 atom stereocenters. The monoisotopic (exact) mass is 431 g/mol. The van der Waals surface area contributed by atoms with Gasteiger partial charge in [0.05, 0.1) is 11.8 Å². The molecule has 1 unspecified atom stereocenters. The first-order chi connectivity index (χ1) is 12.4. The second-order valence-corrected chi connectivity index (χ2v) is 8.63. The van der Waals surface area contributed by atoms with Gasteiger partial charge in [0, 0.05) is 32.6 Å². The first-order valence-corrected chi connectivity index (χ1v) is 9.73. The SMILES string of the molecule is CC1(c2cnn(-c3cc(Br)cc(F)n3)c2)CCCc2sc(N)c(C#N)c21. The van der Waals surface area contributed by atoms with Crippen LogP contribution < -0.4 is 5.73 Å². The van der Waals surface area contributed by atoms with Crippen molar-refractivity contribution in [3.8, 4) is 11.9 Å². The lowest BCUT2D eigenvalue weighted by molar-refractivity contribution is 0.469. The van der Waals surface area contributed by atoms with Crippen molar-refractivity contribution < 1.29 is 4.39 Å². The molecule has 26 heavy (non-hydrogen) atoms. The number of halogens is 2. The summed E-state index contributed by atoms with van der Waals surface area (Å²) < 4.78 is 15.8. The molecule has 4 rings (SSSR count). The Morgan fingerprint density at radius 2 is 2.27 bits per heavy atom. The third kappa shape index (κ3) is 2.63. The van der Waals surface area contributed by atoms with Crippen LogP contribution in [0.5, 0.6) is 0 Å². The van der Waals surface area contributed by atoms with Crippen LogP contribution in [0, 0.1) is 17.3 Å². The number of pyridine rings is 1. The van der Waals surface area contributed by atoms with E-state index in [1.54, 1.807) is 16.9 Å². The summed E-state index contributed by atoms with van der Waals surface area (Å²) in [7, 11) is 0. The second kappa shape index (κ2) is 6.18. The number of nitrogens with zero attached hydrogens (tertiary/aromatic N) is 4. The molecule has 3 aromatic rings. The van der Waals surface area contributed by atoms with Crippen molar-refractivity contribution in [2.45, 2.75) is 31.6 Å². The Kier molecular flexibility index (Phi) is 4.09. The molecular formula is C18H15BrFN5S. The van der Waals surface area contributed by atoms with Crippen molar-refractivity contribution in [3.63, 3.8) is 0 Å². The lowest BCUT2D eigenvalue weighted by Crippen LogP contribution is -2.28. The van der Waals surface area contributed by atoms with Crippen molar-refractivity contribution in [1.29, 1.82) is 5.26 Å². The van der Waals surface area contributed by atoms with Gasteiger partial charge < -0.3 is 5.73 Å². The Balaban J connectivity index is 1.83. The molecule has 3 heterocycles.